The van der Waals surface area contributed by atoms with Crippen LogP contribution >= 0.6 is 0 Å². The van der Waals surface area contributed by atoms with E-state index in [4.69, 9.17) is 4.74 Å². The molecule has 2 saturated carbocycles. The van der Waals surface area contributed by atoms with Crippen molar-refractivity contribution in [1.82, 2.24) is 0 Å². The van der Waals surface area contributed by atoms with Crippen molar-refractivity contribution in [2.24, 2.45) is 0 Å². The van der Waals surface area contributed by atoms with Crippen LogP contribution in [0.3, 0.4) is 0 Å². The van der Waals surface area contributed by atoms with Gasteiger partial charge in [-0.05, 0) is 0 Å². The number of rotatable bonds is 1. The van der Waals surface area contributed by atoms with Gasteiger partial charge in [-0.25, -0.2) is 0 Å². The molecular formula is C17H27OSeTi+2. The predicted molar refractivity (Wildman–Crippen MR) is 84.6 cm³/mol. The Labute approximate surface area is 148 Å². The van der Waals surface area contributed by atoms with Gasteiger partial charge in [-0.3, -0.25) is 0 Å². The van der Waals surface area contributed by atoms with Crippen molar-refractivity contribution in [3.05, 3.63) is 24.3 Å². The van der Waals surface area contributed by atoms with Gasteiger partial charge in [-0.2, -0.15) is 0 Å². The molecule has 0 bridgehead atoms. The van der Waals surface area contributed by atoms with E-state index in [0.717, 1.165) is 10.2 Å². The van der Waals surface area contributed by atoms with Crippen LogP contribution in [0, 0.1) is 0 Å². The van der Waals surface area contributed by atoms with Gasteiger partial charge in [0.1, 0.15) is 0 Å². The van der Waals surface area contributed by atoms with Crippen molar-refractivity contribution in [3.63, 3.8) is 0 Å². The number of hydrogen-bond acceptors (Lipinski definition) is 1. The Balaban J connectivity index is 0.000000282. The Bertz CT molecular complexity index is 280. The Morgan fingerprint density at radius 3 is 1.25 bits per heavy atom. The fourth-order valence-corrected chi connectivity index (χ4v) is 2.63. The Morgan fingerprint density at radius 2 is 1.00 bits per heavy atom. The molecule has 20 heavy (non-hydrogen) atoms. The summed E-state index contributed by atoms with van der Waals surface area (Å²) in [5.41, 5.74) is 0. The van der Waals surface area contributed by atoms with Gasteiger partial charge in [0.2, 0.25) is 0 Å². The van der Waals surface area contributed by atoms with E-state index >= 15 is 0 Å². The summed E-state index contributed by atoms with van der Waals surface area (Å²) in [5, 5.41) is 0. The van der Waals surface area contributed by atoms with Gasteiger partial charge >= 0.3 is 84.1 Å². The molecule has 0 atom stereocenters. The van der Waals surface area contributed by atoms with Crippen LogP contribution in [0.4, 0.5) is 0 Å². The van der Waals surface area contributed by atoms with Gasteiger partial charge in [0.05, 0.1) is 0 Å². The first kappa shape index (κ1) is 20.3. The molecule has 1 radical (unpaired) electrons. The summed E-state index contributed by atoms with van der Waals surface area (Å²) < 4.78 is 6.09. The van der Waals surface area contributed by atoms with Gasteiger partial charge in [0.25, 0.3) is 0 Å². The first-order valence-corrected chi connectivity index (χ1v) is 8.49. The van der Waals surface area contributed by atoms with Crippen molar-refractivity contribution in [3.8, 4) is 5.75 Å². The van der Waals surface area contributed by atoms with Crippen LogP contribution in [0.5, 0.6) is 5.75 Å². The van der Waals surface area contributed by atoms with Crippen LogP contribution in [0.2, 0.25) is 0 Å². The summed E-state index contributed by atoms with van der Waals surface area (Å²) in [7, 11) is 1.66. The van der Waals surface area contributed by atoms with Crippen molar-refractivity contribution >= 4 is 20.5 Å². The van der Waals surface area contributed by atoms with E-state index in [1.165, 1.54) is 64.2 Å². The fraction of sp³-hybridized carbons (Fsp3) is 0.647. The molecule has 1 nitrogen and oxygen atoms in total. The molecule has 3 heteroatoms. The van der Waals surface area contributed by atoms with Crippen LogP contribution in [0.15, 0.2) is 24.3 Å². The summed E-state index contributed by atoms with van der Waals surface area (Å²) in [6.07, 6.45) is 15.0. The topological polar surface area (TPSA) is 9.23 Å². The van der Waals surface area contributed by atoms with Gasteiger partial charge < -0.3 is 0 Å². The average Bonchev–Trinajstić information content (AvgIpc) is 3.18. The second-order valence-electron chi connectivity index (χ2n) is 5.21. The van der Waals surface area contributed by atoms with Crippen LogP contribution < -0.4 is 9.20 Å². The van der Waals surface area contributed by atoms with Crippen LogP contribution in [0.25, 0.3) is 0 Å². The maximum absolute atomic E-state index is 4.96. The van der Waals surface area contributed by atoms with Crippen LogP contribution in [-0.4, -0.2) is 23.1 Å². The maximum Gasteiger partial charge on any atom is 2.00 e. The summed E-state index contributed by atoms with van der Waals surface area (Å²) >= 11 is 2.90. The van der Waals surface area contributed by atoms with Gasteiger partial charge in [-0.15, -0.1) is 0 Å². The second kappa shape index (κ2) is 14.2. The van der Waals surface area contributed by atoms with Crippen molar-refractivity contribution < 1.29 is 26.5 Å². The molecule has 1 aromatic carbocycles. The van der Waals surface area contributed by atoms with Crippen molar-refractivity contribution in [2.75, 3.05) is 7.11 Å². The zero-order valence-electron chi connectivity index (χ0n) is 12.7. The maximum atomic E-state index is 4.96. The third kappa shape index (κ3) is 11.0. The van der Waals surface area contributed by atoms with Crippen LogP contribution in [-0.2, 0) is 21.7 Å². The summed E-state index contributed by atoms with van der Waals surface area (Å²) in [5.74, 6) is 0.897. The minimum Gasteiger partial charge on any atom is 2.00 e. The van der Waals surface area contributed by atoms with E-state index < -0.39 is 0 Å². The molecule has 0 aromatic heterocycles. The van der Waals surface area contributed by atoms with Crippen LogP contribution in [0.1, 0.15) is 64.2 Å². The minimum absolute atomic E-state index is 0. The van der Waals surface area contributed by atoms with E-state index in [-0.39, 0.29) is 21.7 Å². The molecule has 2 aliphatic rings. The molecule has 0 unspecified atom stereocenters. The van der Waals surface area contributed by atoms with E-state index in [1.807, 2.05) is 24.3 Å². The predicted octanol–water partition coefficient (Wildman–Crippen LogP) is 4.39. The SMILES string of the molecule is C1CCCC1.C1CCCC1.COc1ccc([Se])cc1.[Ti+2]. The molecular weight excluding hydrogens is 347 g/mol. The first-order valence-electron chi connectivity index (χ1n) is 7.64. The van der Waals surface area contributed by atoms with Gasteiger partial charge in [0, 0.05) is 0 Å². The van der Waals surface area contributed by atoms with E-state index in [1.54, 1.807) is 7.11 Å². The third-order valence-corrected chi connectivity index (χ3v) is 4.13. The third-order valence-electron chi connectivity index (χ3n) is 3.56. The van der Waals surface area contributed by atoms with Crippen molar-refractivity contribution in [2.45, 2.75) is 64.2 Å². The fourth-order valence-electron chi connectivity index (χ4n) is 2.34. The van der Waals surface area contributed by atoms with E-state index in [2.05, 4.69) is 16.0 Å². The van der Waals surface area contributed by atoms with Gasteiger partial charge in [0.15, 0.2) is 0 Å². The normalized spacial score (nSPS) is 16.1. The smallest absolute Gasteiger partial charge is 2.00 e. The number of methoxy groups -OCH3 is 1. The summed E-state index contributed by atoms with van der Waals surface area (Å²) in [4.78, 5) is 0. The summed E-state index contributed by atoms with van der Waals surface area (Å²) in [6, 6.07) is 7.79. The van der Waals surface area contributed by atoms with Gasteiger partial charge in [-0.1, -0.05) is 64.2 Å². The number of hydrogen-bond donors (Lipinski definition) is 0. The zero-order valence-corrected chi connectivity index (χ0v) is 16.0. The molecule has 1 aromatic rings. The van der Waals surface area contributed by atoms with E-state index in [0.29, 0.717) is 0 Å². The quantitative estimate of drug-likeness (QED) is 0.663. The monoisotopic (exact) mass is 375 g/mol. The minimum atomic E-state index is 0. The second-order valence-corrected chi connectivity index (χ2v) is 6.20. The first-order chi connectivity index (χ1) is 9.33. The molecule has 0 aliphatic heterocycles. The molecule has 3 rings (SSSR count). The molecule has 2 aliphatic carbocycles. The summed E-state index contributed by atoms with van der Waals surface area (Å²) in [6.45, 7) is 0. The zero-order chi connectivity index (χ0) is 13.8. The molecule has 0 saturated heterocycles. The molecule has 0 N–H and O–H groups in total. The molecule has 2 fully saturated rings. The Kier molecular flexibility index (Phi) is 14.4. The Morgan fingerprint density at radius 1 is 0.700 bits per heavy atom. The largest absolute Gasteiger partial charge is 2.00 e. The number of benzene rings is 1. The van der Waals surface area contributed by atoms with E-state index in [9.17, 15) is 0 Å². The standard InChI is InChI=1S/C7H7OSe.2C5H10.Ti/c1-8-6-2-4-7(9)5-3-6;2*1-2-4-5-3-1;/h2-5H,1H3;2*1-5H2;/q;;;+2. The molecule has 109 valence electrons. The van der Waals surface area contributed by atoms with Crippen molar-refractivity contribution in [1.29, 1.82) is 0 Å². The molecule has 0 amide bonds. The molecule has 0 heterocycles. The number of ether oxygens (including phenoxy) is 1. The Hall–Kier alpha value is 0.254. The molecule has 0 spiro atoms. The average molecular weight is 374 g/mol.